The van der Waals surface area contributed by atoms with E-state index in [-0.39, 0.29) is 6.04 Å². The maximum Gasteiger partial charge on any atom is 0.235 e. The van der Waals surface area contributed by atoms with Crippen molar-refractivity contribution in [2.75, 3.05) is 36.2 Å². The van der Waals surface area contributed by atoms with Crippen molar-refractivity contribution >= 4 is 33.6 Å². The second kappa shape index (κ2) is 8.61. The first kappa shape index (κ1) is 21.6. The molecule has 2 aliphatic heterocycles. The molecule has 5 rings (SSSR count). The number of morpholine rings is 1. The molecule has 0 unspecified atom stereocenters. The smallest absolute Gasteiger partial charge is 0.235 e. The third-order valence-corrected chi connectivity index (χ3v) is 7.64. The first-order valence-corrected chi connectivity index (χ1v) is 12.4. The Kier molecular flexibility index (Phi) is 5.64. The zero-order valence-corrected chi connectivity index (χ0v) is 19.1. The van der Waals surface area contributed by atoms with Crippen molar-refractivity contribution < 1.29 is 13.7 Å². The maximum absolute atomic E-state index is 12.3. The van der Waals surface area contributed by atoms with Gasteiger partial charge in [0.05, 0.1) is 37.0 Å². The predicted octanol–water partition coefficient (Wildman–Crippen LogP) is 0.734. The largest absolute Gasteiger partial charge is 0.377 e. The molecule has 0 aliphatic carbocycles. The van der Waals surface area contributed by atoms with Crippen LogP contribution in [0.25, 0.3) is 16.9 Å². The minimum Gasteiger partial charge on any atom is -0.377 e. The van der Waals surface area contributed by atoms with Crippen molar-refractivity contribution in [3.05, 3.63) is 30.1 Å². The van der Waals surface area contributed by atoms with E-state index in [0.29, 0.717) is 61.1 Å². The molecule has 1 amide bonds. The number of nitrogens with one attached hydrogen (secondary N) is 1. The van der Waals surface area contributed by atoms with Gasteiger partial charge in [-0.15, -0.1) is 0 Å². The molecule has 0 spiro atoms. The van der Waals surface area contributed by atoms with Gasteiger partial charge in [-0.2, -0.15) is 14.9 Å². The highest BCUT2D eigenvalue weighted by Crippen LogP contribution is 2.32. The summed E-state index contributed by atoms with van der Waals surface area (Å²) in [6.07, 6.45) is 4.17. The maximum atomic E-state index is 12.3. The summed E-state index contributed by atoms with van der Waals surface area (Å²) in [4.78, 5) is 19.4. The summed E-state index contributed by atoms with van der Waals surface area (Å²) in [5.41, 5.74) is 6.13. The van der Waals surface area contributed by atoms with Crippen LogP contribution >= 0.6 is 0 Å². The Morgan fingerprint density at radius 3 is 2.91 bits per heavy atom. The second-order valence-corrected chi connectivity index (χ2v) is 10.1. The van der Waals surface area contributed by atoms with Crippen LogP contribution in [0.3, 0.4) is 0 Å². The number of H-pyrrole nitrogens is 1. The van der Waals surface area contributed by atoms with Gasteiger partial charge < -0.3 is 15.4 Å². The Hall–Kier alpha value is -3.23. The first-order chi connectivity index (χ1) is 16.0. The van der Waals surface area contributed by atoms with E-state index < -0.39 is 22.1 Å². The third kappa shape index (κ3) is 4.00. The number of pyridine rings is 1. The van der Waals surface area contributed by atoms with E-state index in [1.807, 2.05) is 12.1 Å². The number of nitrogens with two attached hydrogens (primary N) is 1. The van der Waals surface area contributed by atoms with Crippen molar-refractivity contribution in [3.63, 3.8) is 0 Å². The number of amides is 1. The van der Waals surface area contributed by atoms with Crippen LogP contribution in [0.2, 0.25) is 0 Å². The molecule has 0 saturated carbocycles. The van der Waals surface area contributed by atoms with Gasteiger partial charge in [0, 0.05) is 40.5 Å². The lowest BCUT2D eigenvalue weighted by Crippen LogP contribution is -2.44. The van der Waals surface area contributed by atoms with Crippen LogP contribution in [0.15, 0.2) is 24.5 Å². The second-order valence-electron chi connectivity index (χ2n) is 8.43. The molecule has 172 valence electrons. The summed E-state index contributed by atoms with van der Waals surface area (Å²) in [5, 5.41) is 12.2. The van der Waals surface area contributed by atoms with E-state index in [9.17, 15) is 9.00 Å². The number of aromatic amines is 1. The molecule has 10 nitrogen and oxygen atoms in total. The highest BCUT2D eigenvalue weighted by molar-refractivity contribution is 7.85. The predicted molar refractivity (Wildman–Crippen MR) is 124 cm³/mol. The van der Waals surface area contributed by atoms with Crippen LogP contribution < -0.4 is 10.6 Å². The summed E-state index contributed by atoms with van der Waals surface area (Å²) >= 11 is 0. The number of carbonyl (C=O) groups is 1. The van der Waals surface area contributed by atoms with Gasteiger partial charge in [0.25, 0.3) is 0 Å². The number of nitrogens with zero attached hydrogens (tertiary/aromatic N) is 5. The Morgan fingerprint density at radius 1 is 1.39 bits per heavy atom. The Labute approximate surface area is 193 Å². The van der Waals surface area contributed by atoms with Gasteiger partial charge in [0.2, 0.25) is 5.91 Å². The van der Waals surface area contributed by atoms with E-state index in [0.717, 1.165) is 11.2 Å². The average molecular weight is 468 g/mol. The van der Waals surface area contributed by atoms with Gasteiger partial charge in [0.15, 0.2) is 11.5 Å². The van der Waals surface area contributed by atoms with Crippen LogP contribution in [0, 0.1) is 17.3 Å². The lowest BCUT2D eigenvalue weighted by atomic mass is 9.81. The fraction of sp³-hybridized carbons (Fsp3) is 0.455. The summed E-state index contributed by atoms with van der Waals surface area (Å²) in [6.45, 7) is 4.03. The Morgan fingerprint density at radius 2 is 2.21 bits per heavy atom. The van der Waals surface area contributed by atoms with Crippen molar-refractivity contribution in [3.8, 4) is 17.7 Å². The van der Waals surface area contributed by atoms with Gasteiger partial charge in [-0.05, 0) is 25.8 Å². The summed E-state index contributed by atoms with van der Waals surface area (Å²) in [6, 6.07) is 3.90. The minimum atomic E-state index is -0.977. The molecule has 2 saturated heterocycles. The number of primary amides is 1. The molecule has 11 heteroatoms. The van der Waals surface area contributed by atoms with Crippen molar-refractivity contribution in [1.82, 2.24) is 25.0 Å². The SMILES string of the molecule is C[C@@H]1COCCN1c1cc(C#CC2(C(N)=O)CCS(=O)CC2)c2cnn(-c3ccn[nH]3)c2n1. The van der Waals surface area contributed by atoms with Crippen LogP contribution in [0.4, 0.5) is 5.82 Å². The van der Waals surface area contributed by atoms with E-state index in [4.69, 9.17) is 15.5 Å². The van der Waals surface area contributed by atoms with Gasteiger partial charge in [-0.3, -0.25) is 14.1 Å². The molecule has 33 heavy (non-hydrogen) atoms. The molecule has 5 heterocycles. The Balaban J connectivity index is 1.64. The average Bonchev–Trinajstić information content (AvgIpc) is 3.48. The summed E-state index contributed by atoms with van der Waals surface area (Å²) in [7, 11) is -0.925. The number of hydrogen-bond acceptors (Lipinski definition) is 7. The van der Waals surface area contributed by atoms with Gasteiger partial charge in [0.1, 0.15) is 11.2 Å². The molecule has 0 radical (unpaired) electrons. The molecular formula is C22H25N7O3S. The molecule has 0 bridgehead atoms. The standard InChI is InChI=1S/C22H25N7O3S/c1-15-14-32-9-8-28(15)19-12-16(2-4-22(21(23)30)5-10-33(31)11-6-22)17-13-25-29(20(17)26-19)18-3-7-24-27-18/h3,7,12-13,15H,5-6,8-11,14H2,1H3,(H2,23,30)(H,24,27)/t15-,22?,33?/m1/s1. The number of carbonyl (C=O) groups excluding carboxylic acids is 1. The molecule has 2 fully saturated rings. The van der Waals surface area contributed by atoms with Crippen molar-refractivity contribution in [1.29, 1.82) is 0 Å². The van der Waals surface area contributed by atoms with Crippen molar-refractivity contribution in [2.24, 2.45) is 11.1 Å². The zero-order valence-electron chi connectivity index (χ0n) is 18.3. The third-order valence-electron chi connectivity index (χ3n) is 6.33. The quantitative estimate of drug-likeness (QED) is 0.543. The number of anilines is 1. The van der Waals surface area contributed by atoms with Crippen LogP contribution in [0.5, 0.6) is 0 Å². The number of hydrogen-bond donors (Lipinski definition) is 2. The van der Waals surface area contributed by atoms with E-state index in [1.54, 1.807) is 17.1 Å². The number of aromatic nitrogens is 5. The number of ether oxygens (including phenoxy) is 1. The Bertz CT molecular complexity index is 1260. The normalized spacial score (nSPS) is 25.5. The zero-order chi connectivity index (χ0) is 23.0. The highest BCUT2D eigenvalue weighted by Gasteiger charge is 2.38. The van der Waals surface area contributed by atoms with Gasteiger partial charge >= 0.3 is 0 Å². The minimum absolute atomic E-state index is 0.151. The van der Waals surface area contributed by atoms with Crippen LogP contribution in [0.1, 0.15) is 25.3 Å². The van der Waals surface area contributed by atoms with Gasteiger partial charge in [-0.1, -0.05) is 11.8 Å². The molecule has 3 N–H and O–H groups in total. The topological polar surface area (TPSA) is 132 Å². The van der Waals surface area contributed by atoms with E-state index in [1.165, 1.54) is 0 Å². The fourth-order valence-corrected chi connectivity index (χ4v) is 5.63. The number of fused-ring (bicyclic) bond motifs is 1. The van der Waals surface area contributed by atoms with Crippen LogP contribution in [-0.4, -0.2) is 72.4 Å². The number of rotatable bonds is 3. The summed E-state index contributed by atoms with van der Waals surface area (Å²) < 4.78 is 19.1. The molecule has 0 aromatic carbocycles. The molecular weight excluding hydrogens is 442 g/mol. The van der Waals surface area contributed by atoms with E-state index in [2.05, 4.69) is 39.0 Å². The van der Waals surface area contributed by atoms with Crippen LogP contribution in [-0.2, 0) is 20.3 Å². The monoisotopic (exact) mass is 467 g/mol. The first-order valence-electron chi connectivity index (χ1n) is 10.9. The molecule has 1 atom stereocenters. The van der Waals surface area contributed by atoms with Crippen molar-refractivity contribution in [2.45, 2.75) is 25.8 Å². The molecule has 2 aliphatic rings. The van der Waals surface area contributed by atoms with E-state index >= 15 is 0 Å². The molecule has 3 aromatic rings. The fourth-order valence-electron chi connectivity index (χ4n) is 4.27. The lowest BCUT2D eigenvalue weighted by Gasteiger charge is -2.34. The highest BCUT2D eigenvalue weighted by atomic mass is 32.2. The molecule has 3 aromatic heterocycles. The summed E-state index contributed by atoms with van der Waals surface area (Å²) in [5.74, 6) is 8.23. The van der Waals surface area contributed by atoms with Gasteiger partial charge in [-0.25, -0.2) is 4.98 Å². The lowest BCUT2D eigenvalue weighted by molar-refractivity contribution is -0.125.